The van der Waals surface area contributed by atoms with Crippen LogP contribution < -0.4 is 10.3 Å². The lowest BCUT2D eigenvalue weighted by Gasteiger charge is -2.30. The minimum atomic E-state index is -0.953. The van der Waals surface area contributed by atoms with E-state index in [1.165, 1.54) is 29.1 Å². The van der Waals surface area contributed by atoms with Gasteiger partial charge >= 0.3 is 5.97 Å². The maximum absolute atomic E-state index is 13.4. The summed E-state index contributed by atoms with van der Waals surface area (Å²) in [5.74, 6) is -1.41. The molecule has 0 fully saturated rings. The number of aromatic nitrogens is 4. The van der Waals surface area contributed by atoms with Crippen LogP contribution in [0.1, 0.15) is 39.0 Å². The average Bonchev–Trinajstić information content (AvgIpc) is 3.31. The van der Waals surface area contributed by atoms with Crippen molar-refractivity contribution in [1.82, 2.24) is 19.1 Å². The number of pyridine rings is 2. The number of benzene rings is 1. The molecule has 0 amide bonds. The lowest BCUT2D eigenvalue weighted by atomic mass is 10.0. The number of esters is 1. The third-order valence-electron chi connectivity index (χ3n) is 5.98. The molecule has 0 bridgehead atoms. The fourth-order valence-electron chi connectivity index (χ4n) is 4.36. The maximum atomic E-state index is 13.4. The third kappa shape index (κ3) is 3.98. The summed E-state index contributed by atoms with van der Waals surface area (Å²) in [4.78, 5) is 45.6. The topological polar surface area (TPSA) is 126 Å². The summed E-state index contributed by atoms with van der Waals surface area (Å²) >= 11 is 0. The molecule has 1 aliphatic heterocycles. The van der Waals surface area contributed by atoms with E-state index in [9.17, 15) is 23.9 Å². The summed E-state index contributed by atoms with van der Waals surface area (Å²) in [7, 11) is 0. The molecule has 0 unspecified atom stereocenters. The van der Waals surface area contributed by atoms with E-state index in [1.807, 2.05) is 0 Å². The first-order chi connectivity index (χ1) is 17.4. The van der Waals surface area contributed by atoms with Gasteiger partial charge in [-0.1, -0.05) is 12.1 Å². The van der Waals surface area contributed by atoms with Crippen molar-refractivity contribution >= 4 is 23.3 Å². The number of hydrogen-bond donors (Lipinski definition) is 1. The van der Waals surface area contributed by atoms with Crippen molar-refractivity contribution < 1.29 is 28.6 Å². The molecular weight excluding hydrogens is 471 g/mol. The van der Waals surface area contributed by atoms with E-state index in [2.05, 4.69) is 9.97 Å². The van der Waals surface area contributed by atoms with Crippen LogP contribution in [0.5, 0.6) is 11.5 Å². The van der Waals surface area contributed by atoms with Crippen LogP contribution in [-0.4, -0.2) is 49.2 Å². The number of hydrogen-bond acceptors (Lipinski definition) is 8. The van der Waals surface area contributed by atoms with Crippen LogP contribution >= 0.6 is 0 Å². The molecular formula is C25H21FN4O6. The SMILES string of the molecule is CCOC(=O)c1c(O)c2ncc(Cc3ccc(F)cc3)c3c2n(c1=O)C[C@@H](Cn1ccnc1C=O)O3. The highest BCUT2D eigenvalue weighted by Crippen LogP contribution is 2.38. The fraction of sp³-hybridized carbons (Fsp3) is 0.240. The molecule has 10 nitrogen and oxygen atoms in total. The summed E-state index contributed by atoms with van der Waals surface area (Å²) in [5, 5.41) is 10.8. The van der Waals surface area contributed by atoms with Gasteiger partial charge in [0.05, 0.1) is 19.7 Å². The summed E-state index contributed by atoms with van der Waals surface area (Å²) in [6.07, 6.45) is 4.89. The van der Waals surface area contributed by atoms with Crippen LogP contribution in [-0.2, 0) is 24.2 Å². The van der Waals surface area contributed by atoms with Gasteiger partial charge in [-0.3, -0.25) is 19.1 Å². The van der Waals surface area contributed by atoms with Crippen LogP contribution in [0.3, 0.4) is 0 Å². The first-order valence-electron chi connectivity index (χ1n) is 11.2. The van der Waals surface area contributed by atoms with Crippen molar-refractivity contribution in [1.29, 1.82) is 0 Å². The minimum absolute atomic E-state index is 0.0187. The molecule has 4 heterocycles. The molecule has 11 heteroatoms. The van der Waals surface area contributed by atoms with Crippen LogP contribution in [0.25, 0.3) is 11.0 Å². The van der Waals surface area contributed by atoms with Gasteiger partial charge in [0.1, 0.15) is 23.0 Å². The van der Waals surface area contributed by atoms with E-state index in [-0.39, 0.29) is 42.4 Å². The second kappa shape index (κ2) is 9.25. The molecule has 0 spiro atoms. The minimum Gasteiger partial charge on any atom is -0.505 e. The van der Waals surface area contributed by atoms with E-state index in [4.69, 9.17) is 9.47 Å². The van der Waals surface area contributed by atoms with E-state index in [1.54, 1.807) is 29.8 Å². The Labute approximate surface area is 203 Å². The summed E-state index contributed by atoms with van der Waals surface area (Å²) in [5.41, 5.74) is 0.379. The Hall–Kier alpha value is -4.54. The van der Waals surface area contributed by atoms with Gasteiger partial charge in [0.15, 0.2) is 29.2 Å². The molecule has 0 saturated heterocycles. The molecule has 1 aliphatic rings. The van der Waals surface area contributed by atoms with Gasteiger partial charge in [0, 0.05) is 30.6 Å². The fourth-order valence-corrected chi connectivity index (χ4v) is 4.36. The van der Waals surface area contributed by atoms with E-state index < -0.39 is 28.9 Å². The molecule has 1 atom stereocenters. The average molecular weight is 492 g/mol. The standard InChI is InChI=1S/C25H21FN4O6/c1-2-35-25(34)19-22(32)20-21-23(15(10-28-20)9-14-3-5-16(26)6-4-14)36-17(12-30(21)24(19)33)11-29-8-7-27-18(29)13-31/h3-8,10,13,17,32H,2,9,11-12H2,1H3/t17-/m1/s1. The highest BCUT2D eigenvalue weighted by atomic mass is 19.1. The first-order valence-corrected chi connectivity index (χ1v) is 11.2. The summed E-state index contributed by atoms with van der Waals surface area (Å²) in [6.45, 7) is 1.82. The van der Waals surface area contributed by atoms with E-state index in [0.29, 0.717) is 24.0 Å². The Balaban J connectivity index is 1.67. The number of carbonyl (C=O) groups is 2. The van der Waals surface area contributed by atoms with Gasteiger partial charge < -0.3 is 19.1 Å². The zero-order valence-electron chi connectivity index (χ0n) is 19.2. The molecule has 184 valence electrons. The Bertz CT molecular complexity index is 1540. The van der Waals surface area contributed by atoms with Gasteiger partial charge in [-0.05, 0) is 24.6 Å². The maximum Gasteiger partial charge on any atom is 0.347 e. The smallest absolute Gasteiger partial charge is 0.347 e. The third-order valence-corrected chi connectivity index (χ3v) is 5.98. The van der Waals surface area contributed by atoms with E-state index >= 15 is 0 Å². The van der Waals surface area contributed by atoms with Crippen molar-refractivity contribution in [2.45, 2.75) is 32.5 Å². The van der Waals surface area contributed by atoms with Crippen molar-refractivity contribution in [3.8, 4) is 11.5 Å². The second-order valence-electron chi connectivity index (χ2n) is 8.27. The van der Waals surface area contributed by atoms with Gasteiger partial charge in [-0.15, -0.1) is 0 Å². The lowest BCUT2D eigenvalue weighted by Crippen LogP contribution is -2.39. The predicted octanol–water partition coefficient (Wildman–Crippen LogP) is 2.48. The lowest BCUT2D eigenvalue weighted by molar-refractivity contribution is 0.0519. The highest BCUT2D eigenvalue weighted by molar-refractivity contribution is 6.00. The van der Waals surface area contributed by atoms with Gasteiger partial charge in [-0.25, -0.2) is 14.2 Å². The Morgan fingerprint density at radius 3 is 2.81 bits per heavy atom. The molecule has 0 saturated carbocycles. The zero-order chi connectivity index (χ0) is 25.4. The van der Waals surface area contributed by atoms with Crippen LogP contribution in [0.15, 0.2) is 47.7 Å². The van der Waals surface area contributed by atoms with Gasteiger partial charge in [0.2, 0.25) is 0 Å². The van der Waals surface area contributed by atoms with Crippen LogP contribution in [0, 0.1) is 5.82 Å². The number of aldehydes is 1. The number of aromatic hydroxyl groups is 1. The predicted molar refractivity (Wildman–Crippen MR) is 125 cm³/mol. The Kier molecular flexibility index (Phi) is 5.96. The largest absolute Gasteiger partial charge is 0.505 e. The van der Waals surface area contributed by atoms with Crippen LogP contribution in [0.4, 0.5) is 4.39 Å². The van der Waals surface area contributed by atoms with Crippen molar-refractivity contribution in [2.24, 2.45) is 0 Å². The molecule has 1 aromatic carbocycles. The summed E-state index contributed by atoms with van der Waals surface area (Å²) in [6, 6.07) is 5.93. The molecule has 36 heavy (non-hydrogen) atoms. The highest BCUT2D eigenvalue weighted by Gasteiger charge is 2.32. The van der Waals surface area contributed by atoms with Gasteiger partial charge in [0.25, 0.3) is 5.56 Å². The van der Waals surface area contributed by atoms with Crippen molar-refractivity contribution in [3.05, 3.63) is 81.5 Å². The molecule has 3 aromatic heterocycles. The molecule has 0 aliphatic carbocycles. The quantitative estimate of drug-likeness (QED) is 0.308. The number of carbonyl (C=O) groups excluding carboxylic acids is 2. The van der Waals surface area contributed by atoms with Crippen molar-refractivity contribution in [2.75, 3.05) is 6.61 Å². The van der Waals surface area contributed by atoms with Crippen molar-refractivity contribution in [3.63, 3.8) is 0 Å². The van der Waals surface area contributed by atoms with E-state index in [0.717, 1.165) is 5.56 Å². The normalized spacial score (nSPS) is 14.4. The zero-order valence-corrected chi connectivity index (χ0v) is 19.2. The number of nitrogens with zero attached hydrogens (tertiary/aromatic N) is 4. The second-order valence-corrected chi connectivity index (χ2v) is 8.27. The van der Waals surface area contributed by atoms with Gasteiger partial charge in [-0.2, -0.15) is 0 Å². The Morgan fingerprint density at radius 1 is 1.31 bits per heavy atom. The Morgan fingerprint density at radius 2 is 2.08 bits per heavy atom. The summed E-state index contributed by atoms with van der Waals surface area (Å²) < 4.78 is 27.6. The number of ether oxygens (including phenoxy) is 2. The molecule has 0 radical (unpaired) electrons. The number of halogens is 1. The van der Waals surface area contributed by atoms with Crippen LogP contribution in [0.2, 0.25) is 0 Å². The first kappa shape index (κ1) is 23.2. The number of imidazole rings is 1. The number of rotatable bonds is 7. The monoisotopic (exact) mass is 492 g/mol. The molecule has 1 N–H and O–H groups in total. The molecule has 5 rings (SSSR count). The molecule has 4 aromatic rings.